The van der Waals surface area contributed by atoms with Crippen LogP contribution in [0.1, 0.15) is 29.7 Å². The van der Waals surface area contributed by atoms with Crippen LogP contribution in [0, 0.1) is 0 Å². The van der Waals surface area contributed by atoms with Crippen molar-refractivity contribution < 1.29 is 14.3 Å². The van der Waals surface area contributed by atoms with E-state index in [9.17, 15) is 9.59 Å². The lowest BCUT2D eigenvalue weighted by Gasteiger charge is -2.25. The van der Waals surface area contributed by atoms with E-state index in [-0.39, 0.29) is 17.4 Å². The molecule has 2 amide bonds. The molecule has 1 atom stereocenters. The van der Waals surface area contributed by atoms with Gasteiger partial charge in [0.15, 0.2) is 5.13 Å². The van der Waals surface area contributed by atoms with Gasteiger partial charge in [-0.2, -0.15) is 0 Å². The van der Waals surface area contributed by atoms with Gasteiger partial charge in [0, 0.05) is 46.7 Å². The molecule has 1 saturated heterocycles. The average Bonchev–Trinajstić information content (AvgIpc) is 3.40. The third kappa shape index (κ3) is 4.17. The molecule has 3 heterocycles. The molecular formula is C21H25ClN4O3S. The summed E-state index contributed by atoms with van der Waals surface area (Å²) < 4.78 is 4.66. The molecular weight excluding hydrogens is 424 g/mol. The quantitative estimate of drug-likeness (QED) is 0.702. The molecule has 2 aliphatic heterocycles. The van der Waals surface area contributed by atoms with Gasteiger partial charge in [-0.1, -0.05) is 11.6 Å². The predicted molar refractivity (Wildman–Crippen MR) is 119 cm³/mol. The van der Waals surface area contributed by atoms with Gasteiger partial charge in [0.2, 0.25) is 0 Å². The van der Waals surface area contributed by atoms with Crippen LogP contribution in [0.5, 0.6) is 0 Å². The van der Waals surface area contributed by atoms with E-state index in [0.717, 1.165) is 42.1 Å². The highest BCUT2D eigenvalue weighted by molar-refractivity contribution is 7.15. The Hall–Kier alpha value is -2.16. The summed E-state index contributed by atoms with van der Waals surface area (Å²) in [5, 5.41) is 4.20. The van der Waals surface area contributed by atoms with Crippen LogP contribution in [0.2, 0.25) is 5.02 Å². The molecule has 9 heteroatoms. The van der Waals surface area contributed by atoms with E-state index in [0.29, 0.717) is 29.5 Å². The first-order valence-corrected chi connectivity index (χ1v) is 11.2. The largest absolute Gasteiger partial charge is 0.469 e. The summed E-state index contributed by atoms with van der Waals surface area (Å²) in [7, 11) is 3.50. The molecule has 1 spiro atoms. The van der Waals surface area contributed by atoms with Gasteiger partial charge in [-0.25, -0.2) is 9.78 Å². The van der Waals surface area contributed by atoms with E-state index in [1.807, 2.05) is 23.1 Å². The highest BCUT2D eigenvalue weighted by Crippen LogP contribution is 2.47. The topological polar surface area (TPSA) is 74.8 Å². The third-order valence-electron chi connectivity index (χ3n) is 5.87. The summed E-state index contributed by atoms with van der Waals surface area (Å²) in [4.78, 5) is 33.8. The van der Waals surface area contributed by atoms with E-state index in [2.05, 4.69) is 27.0 Å². The Balaban J connectivity index is 1.45. The van der Waals surface area contributed by atoms with Crippen molar-refractivity contribution >= 4 is 45.8 Å². The van der Waals surface area contributed by atoms with Crippen LogP contribution in [0.3, 0.4) is 0 Å². The number of amides is 2. The van der Waals surface area contributed by atoms with Crippen molar-refractivity contribution in [1.82, 2.24) is 9.88 Å². The van der Waals surface area contributed by atoms with Crippen LogP contribution < -0.4 is 10.2 Å². The number of thiazole rings is 1. The second-order valence-corrected chi connectivity index (χ2v) is 9.56. The maximum Gasteiger partial charge on any atom is 0.328 e. The van der Waals surface area contributed by atoms with E-state index < -0.39 is 0 Å². The average molecular weight is 449 g/mol. The molecule has 7 nitrogen and oxygen atoms in total. The Morgan fingerprint density at radius 2 is 2.20 bits per heavy atom. The third-order valence-corrected chi connectivity index (χ3v) is 7.08. The Labute approximate surface area is 185 Å². The number of hydrogen-bond acceptors (Lipinski definition) is 6. The zero-order valence-corrected chi connectivity index (χ0v) is 18.7. The fourth-order valence-electron chi connectivity index (χ4n) is 4.40. The van der Waals surface area contributed by atoms with Crippen molar-refractivity contribution in [3.63, 3.8) is 0 Å². The number of halogens is 1. The normalized spacial score (nSPS) is 20.6. The molecule has 160 valence electrons. The van der Waals surface area contributed by atoms with Crippen molar-refractivity contribution in [3.05, 3.63) is 39.9 Å². The van der Waals surface area contributed by atoms with Gasteiger partial charge in [-0.05, 0) is 56.6 Å². The van der Waals surface area contributed by atoms with Crippen molar-refractivity contribution in [2.75, 3.05) is 44.0 Å². The fraction of sp³-hybridized carbons (Fsp3) is 0.476. The number of carbonyl (C=O) groups excluding carboxylic acids is 2. The minimum absolute atomic E-state index is 0.0752. The van der Waals surface area contributed by atoms with Crippen LogP contribution in [-0.2, 0) is 21.4 Å². The second kappa shape index (κ2) is 8.53. The zero-order chi connectivity index (χ0) is 21.3. The Morgan fingerprint density at radius 3 is 2.93 bits per heavy atom. The summed E-state index contributed by atoms with van der Waals surface area (Å²) in [5.74, 6) is -0.215. The van der Waals surface area contributed by atoms with E-state index in [1.54, 1.807) is 6.20 Å². The first-order chi connectivity index (χ1) is 14.4. The molecule has 1 aromatic heterocycles. The van der Waals surface area contributed by atoms with E-state index in [4.69, 9.17) is 11.6 Å². The number of ether oxygens (including phenoxy) is 1. The van der Waals surface area contributed by atoms with Gasteiger partial charge < -0.3 is 9.64 Å². The number of urea groups is 1. The van der Waals surface area contributed by atoms with E-state index >= 15 is 0 Å². The number of hydrogen-bond donors (Lipinski definition) is 1. The number of nitrogens with one attached hydrogen (secondary N) is 1. The van der Waals surface area contributed by atoms with Crippen molar-refractivity contribution in [1.29, 1.82) is 0 Å². The second-order valence-electron chi connectivity index (χ2n) is 8.01. The number of nitrogens with zero attached hydrogens (tertiary/aromatic N) is 3. The lowest BCUT2D eigenvalue weighted by Crippen LogP contribution is -2.40. The molecule has 0 saturated carbocycles. The number of fused-ring (bicyclic) bond motifs is 2. The van der Waals surface area contributed by atoms with Crippen LogP contribution in [0.4, 0.5) is 15.6 Å². The van der Waals surface area contributed by atoms with Crippen LogP contribution in [-0.4, -0.2) is 55.7 Å². The number of esters is 1. The minimum Gasteiger partial charge on any atom is -0.469 e. The SMILES string of the molecule is COC(=O)CCCc1cnc(NC(=O)N2CC3(CCN(C)C3)c3cc(Cl)ccc32)s1. The molecule has 1 N–H and O–H groups in total. The first-order valence-electron chi connectivity index (χ1n) is 9.99. The Kier molecular flexibility index (Phi) is 5.99. The molecule has 1 aromatic carbocycles. The smallest absolute Gasteiger partial charge is 0.328 e. The number of likely N-dealkylation sites (tertiary alicyclic amines) is 1. The summed E-state index contributed by atoms with van der Waals surface area (Å²) in [6.45, 7) is 2.55. The summed E-state index contributed by atoms with van der Waals surface area (Å²) in [5.41, 5.74) is 1.99. The number of aryl methyl sites for hydroxylation is 1. The summed E-state index contributed by atoms with van der Waals surface area (Å²) in [6, 6.07) is 5.60. The van der Waals surface area contributed by atoms with Gasteiger partial charge in [0.05, 0.1) is 7.11 Å². The lowest BCUT2D eigenvalue weighted by atomic mass is 9.81. The van der Waals surface area contributed by atoms with Crippen molar-refractivity contribution in [3.8, 4) is 0 Å². The van der Waals surface area contributed by atoms with Gasteiger partial charge in [-0.15, -0.1) is 11.3 Å². The molecule has 2 aliphatic rings. The molecule has 30 heavy (non-hydrogen) atoms. The predicted octanol–water partition coefficient (Wildman–Crippen LogP) is 3.92. The number of aromatic nitrogens is 1. The molecule has 0 radical (unpaired) electrons. The number of carbonyl (C=O) groups is 2. The number of rotatable bonds is 5. The highest BCUT2D eigenvalue weighted by Gasteiger charge is 2.48. The zero-order valence-electron chi connectivity index (χ0n) is 17.1. The highest BCUT2D eigenvalue weighted by atomic mass is 35.5. The summed E-state index contributed by atoms with van der Waals surface area (Å²) in [6.07, 6.45) is 4.55. The number of likely N-dealkylation sites (N-methyl/N-ethyl adjacent to an activating group) is 1. The molecule has 1 unspecified atom stereocenters. The van der Waals surface area contributed by atoms with Gasteiger partial charge >= 0.3 is 12.0 Å². The molecule has 2 aromatic rings. The van der Waals surface area contributed by atoms with Crippen molar-refractivity contribution in [2.45, 2.75) is 31.1 Å². The lowest BCUT2D eigenvalue weighted by molar-refractivity contribution is -0.140. The van der Waals surface area contributed by atoms with Gasteiger partial charge in [-0.3, -0.25) is 15.0 Å². The fourth-order valence-corrected chi connectivity index (χ4v) is 5.42. The molecule has 1 fully saturated rings. The van der Waals surface area contributed by atoms with Crippen LogP contribution >= 0.6 is 22.9 Å². The monoisotopic (exact) mass is 448 g/mol. The van der Waals surface area contributed by atoms with Crippen LogP contribution in [0.25, 0.3) is 0 Å². The minimum atomic E-state index is -0.215. The Bertz CT molecular complexity index is 965. The number of anilines is 2. The number of methoxy groups -OCH3 is 1. The molecule has 0 bridgehead atoms. The standard InChI is InChI=1S/C21H25ClN4O3S/c1-25-9-8-21(12-25)13-26(17-7-6-14(22)10-16(17)21)20(28)24-19-23-11-15(30-19)4-3-5-18(27)29-2/h6-7,10-11H,3-5,8-9,12-13H2,1-2H3,(H,23,24,28). The summed E-state index contributed by atoms with van der Waals surface area (Å²) >= 11 is 7.72. The van der Waals surface area contributed by atoms with Gasteiger partial charge in [0.25, 0.3) is 0 Å². The maximum absolute atomic E-state index is 13.1. The molecule has 0 aliphatic carbocycles. The first kappa shape index (κ1) is 21.1. The number of benzene rings is 1. The van der Waals surface area contributed by atoms with Crippen molar-refractivity contribution in [2.24, 2.45) is 0 Å². The maximum atomic E-state index is 13.1. The van der Waals surface area contributed by atoms with Gasteiger partial charge in [0.1, 0.15) is 0 Å². The molecule has 4 rings (SSSR count). The van der Waals surface area contributed by atoms with E-state index in [1.165, 1.54) is 18.4 Å². The van der Waals surface area contributed by atoms with Crippen LogP contribution in [0.15, 0.2) is 24.4 Å². The Morgan fingerprint density at radius 1 is 1.37 bits per heavy atom.